The van der Waals surface area contributed by atoms with Crippen LogP contribution in [0.4, 0.5) is 0 Å². The molecular weight excluding hydrogens is 302 g/mol. The molecule has 7 nitrogen and oxygen atoms in total. The van der Waals surface area contributed by atoms with E-state index in [9.17, 15) is 0 Å². The summed E-state index contributed by atoms with van der Waals surface area (Å²) in [7, 11) is 0. The Hall–Kier alpha value is -1.73. The minimum Gasteiger partial charge on any atom is -0.314 e. The first-order valence-electron chi connectivity index (χ1n) is 9.08. The molecule has 2 aliphatic rings. The number of rotatable bonds is 5. The van der Waals surface area contributed by atoms with Crippen LogP contribution in [0.2, 0.25) is 0 Å². The first-order chi connectivity index (χ1) is 11.7. The summed E-state index contributed by atoms with van der Waals surface area (Å²) < 4.78 is 4.12. The van der Waals surface area contributed by atoms with E-state index in [1.807, 2.05) is 10.9 Å². The molecule has 2 atom stereocenters. The van der Waals surface area contributed by atoms with Gasteiger partial charge in [-0.25, -0.2) is 4.68 Å². The van der Waals surface area contributed by atoms with Gasteiger partial charge in [0, 0.05) is 37.9 Å². The number of nitrogens with zero attached hydrogens (tertiary/aromatic N) is 6. The monoisotopic (exact) mass is 329 g/mol. The average Bonchev–Trinajstić information content (AvgIpc) is 3.12. The highest BCUT2D eigenvalue weighted by atomic mass is 15.4. The van der Waals surface area contributed by atoms with Gasteiger partial charge in [-0.3, -0.25) is 9.58 Å². The first-order valence-corrected chi connectivity index (χ1v) is 9.08. The maximum atomic E-state index is 4.49. The molecule has 24 heavy (non-hydrogen) atoms. The lowest BCUT2D eigenvalue weighted by Crippen LogP contribution is -2.54. The van der Waals surface area contributed by atoms with Gasteiger partial charge in [-0.05, 0) is 39.2 Å². The third-order valence-corrected chi connectivity index (χ3v) is 5.44. The summed E-state index contributed by atoms with van der Waals surface area (Å²) in [6.45, 7) is 8.23. The van der Waals surface area contributed by atoms with Crippen LogP contribution in [-0.2, 0) is 13.1 Å². The van der Waals surface area contributed by atoms with Gasteiger partial charge in [-0.2, -0.15) is 5.10 Å². The molecule has 1 N–H and O–H groups in total. The van der Waals surface area contributed by atoms with E-state index < -0.39 is 0 Å². The highest BCUT2D eigenvalue weighted by Gasteiger charge is 2.25. The number of nitrogens with one attached hydrogen (secondary N) is 1. The summed E-state index contributed by atoms with van der Waals surface area (Å²) in [4.78, 5) is 2.50. The second kappa shape index (κ2) is 6.64. The molecule has 0 amide bonds. The van der Waals surface area contributed by atoms with Crippen molar-refractivity contribution in [3.05, 3.63) is 29.8 Å². The second-order valence-corrected chi connectivity index (χ2v) is 7.29. The molecule has 0 spiro atoms. The zero-order valence-corrected chi connectivity index (χ0v) is 14.6. The Bertz CT molecular complexity index is 662. The normalized spacial score (nSPS) is 25.8. The van der Waals surface area contributed by atoms with Gasteiger partial charge < -0.3 is 5.32 Å². The highest BCUT2D eigenvalue weighted by Crippen LogP contribution is 2.31. The van der Waals surface area contributed by atoms with Crippen molar-refractivity contribution in [3.63, 3.8) is 0 Å². The molecule has 1 saturated carbocycles. The minimum atomic E-state index is 0.527. The maximum absolute atomic E-state index is 4.49. The molecule has 0 aromatic carbocycles. The summed E-state index contributed by atoms with van der Waals surface area (Å²) >= 11 is 0. The average molecular weight is 329 g/mol. The number of hydrogen-bond acceptors (Lipinski definition) is 5. The number of hydrogen-bond donors (Lipinski definition) is 1. The van der Waals surface area contributed by atoms with E-state index in [0.29, 0.717) is 18.1 Å². The molecule has 3 heterocycles. The molecule has 0 bridgehead atoms. The first kappa shape index (κ1) is 15.8. The molecule has 1 saturated heterocycles. The van der Waals surface area contributed by atoms with Crippen LogP contribution in [0.15, 0.2) is 18.5 Å². The van der Waals surface area contributed by atoms with Crippen molar-refractivity contribution in [2.24, 2.45) is 0 Å². The molecule has 2 fully saturated rings. The lowest BCUT2D eigenvalue weighted by Gasteiger charge is -2.38. The van der Waals surface area contributed by atoms with E-state index >= 15 is 0 Å². The van der Waals surface area contributed by atoms with Crippen LogP contribution in [0, 0.1) is 0 Å². The minimum absolute atomic E-state index is 0.527. The zero-order valence-electron chi connectivity index (χ0n) is 14.6. The summed E-state index contributed by atoms with van der Waals surface area (Å²) in [6, 6.07) is 3.73. The fourth-order valence-corrected chi connectivity index (χ4v) is 3.75. The van der Waals surface area contributed by atoms with E-state index in [1.165, 1.54) is 25.0 Å². The van der Waals surface area contributed by atoms with Crippen molar-refractivity contribution in [1.29, 1.82) is 0 Å². The third kappa shape index (κ3) is 3.10. The van der Waals surface area contributed by atoms with Gasteiger partial charge in [0.1, 0.15) is 0 Å². The Kier molecular flexibility index (Phi) is 4.37. The number of aromatic nitrogens is 5. The smallest absolute Gasteiger partial charge is 0.0967 e. The largest absolute Gasteiger partial charge is 0.314 e. The van der Waals surface area contributed by atoms with Crippen LogP contribution >= 0.6 is 0 Å². The summed E-state index contributed by atoms with van der Waals surface area (Å²) in [5.74, 6) is 0. The molecule has 2 aromatic rings. The predicted molar refractivity (Wildman–Crippen MR) is 91.6 cm³/mol. The van der Waals surface area contributed by atoms with E-state index in [2.05, 4.69) is 56.4 Å². The molecule has 130 valence electrons. The Morgan fingerprint density at radius 2 is 1.96 bits per heavy atom. The molecule has 1 aliphatic carbocycles. The lowest BCUT2D eigenvalue weighted by molar-refractivity contribution is 0.107. The van der Waals surface area contributed by atoms with Gasteiger partial charge >= 0.3 is 0 Å². The molecule has 0 radical (unpaired) electrons. The molecule has 0 unspecified atom stereocenters. The van der Waals surface area contributed by atoms with Gasteiger partial charge in [0.25, 0.3) is 0 Å². The molecule has 1 aliphatic heterocycles. The van der Waals surface area contributed by atoms with Crippen molar-refractivity contribution >= 4 is 0 Å². The van der Waals surface area contributed by atoms with E-state index in [4.69, 9.17) is 0 Å². The summed E-state index contributed by atoms with van der Waals surface area (Å²) in [6.07, 6.45) is 7.79. The molecular formula is C17H27N7. The van der Waals surface area contributed by atoms with Gasteiger partial charge in [-0.15, -0.1) is 5.10 Å². The maximum Gasteiger partial charge on any atom is 0.0967 e. The second-order valence-electron chi connectivity index (χ2n) is 7.29. The summed E-state index contributed by atoms with van der Waals surface area (Å²) in [5.41, 5.74) is 2.27. The lowest BCUT2D eigenvalue weighted by atomic mass is 9.93. The van der Waals surface area contributed by atoms with Crippen molar-refractivity contribution in [1.82, 2.24) is 35.0 Å². The highest BCUT2D eigenvalue weighted by molar-refractivity contribution is 5.05. The van der Waals surface area contributed by atoms with Crippen LogP contribution in [-0.4, -0.2) is 54.8 Å². The fraction of sp³-hybridized carbons (Fsp3) is 0.706. The van der Waals surface area contributed by atoms with Crippen molar-refractivity contribution in [3.8, 4) is 0 Å². The van der Waals surface area contributed by atoms with Crippen LogP contribution in [0.5, 0.6) is 0 Å². The molecule has 7 heteroatoms. The summed E-state index contributed by atoms with van der Waals surface area (Å²) in [5, 5.41) is 16.7. The Morgan fingerprint density at radius 1 is 1.17 bits per heavy atom. The van der Waals surface area contributed by atoms with Gasteiger partial charge in [0.15, 0.2) is 0 Å². The van der Waals surface area contributed by atoms with Crippen molar-refractivity contribution < 1.29 is 0 Å². The SMILES string of the molecule is C[C@@H]1CNC[C@H](C)N1Cc1cn(Cc2ccnn2C2CCC2)nn1. The van der Waals surface area contributed by atoms with Gasteiger partial charge in [0.2, 0.25) is 0 Å². The van der Waals surface area contributed by atoms with Crippen LogP contribution < -0.4 is 5.32 Å². The Balaban J connectivity index is 1.42. The topological polar surface area (TPSA) is 63.8 Å². The van der Waals surface area contributed by atoms with Crippen LogP contribution in [0.25, 0.3) is 0 Å². The number of piperazine rings is 1. The van der Waals surface area contributed by atoms with Gasteiger partial charge in [-0.1, -0.05) is 5.21 Å². The van der Waals surface area contributed by atoms with E-state index in [-0.39, 0.29) is 0 Å². The third-order valence-electron chi connectivity index (χ3n) is 5.44. The molecule has 4 rings (SSSR count). The van der Waals surface area contributed by atoms with Crippen LogP contribution in [0.1, 0.15) is 50.5 Å². The Labute approximate surface area is 143 Å². The Morgan fingerprint density at radius 3 is 2.67 bits per heavy atom. The predicted octanol–water partition coefficient (Wildman–Crippen LogP) is 1.43. The zero-order chi connectivity index (χ0) is 16.5. The fourth-order valence-electron chi connectivity index (χ4n) is 3.75. The van der Waals surface area contributed by atoms with Crippen LogP contribution in [0.3, 0.4) is 0 Å². The van der Waals surface area contributed by atoms with E-state index in [1.54, 1.807) is 0 Å². The molecule has 2 aromatic heterocycles. The van der Waals surface area contributed by atoms with Gasteiger partial charge in [0.05, 0.1) is 30.2 Å². The van der Waals surface area contributed by atoms with E-state index in [0.717, 1.165) is 31.9 Å². The van der Waals surface area contributed by atoms with Crippen molar-refractivity contribution in [2.45, 2.75) is 64.3 Å². The standard InChI is InChI=1S/C17H27N7/c1-13-8-18-9-14(2)23(13)11-15-10-22(21-20-15)12-17-6-7-19-24(17)16-4-3-5-16/h6-7,10,13-14,16,18H,3-5,8-9,11-12H2,1-2H3/t13-,14+. The van der Waals surface area contributed by atoms with Crippen molar-refractivity contribution in [2.75, 3.05) is 13.1 Å². The quantitative estimate of drug-likeness (QED) is 0.899.